The van der Waals surface area contributed by atoms with Crippen molar-refractivity contribution in [3.8, 4) is 0 Å². The third-order valence-corrected chi connectivity index (χ3v) is 3.92. The quantitative estimate of drug-likeness (QED) is 0.541. The molecule has 0 amide bonds. The molecule has 0 aromatic rings. The van der Waals surface area contributed by atoms with Crippen molar-refractivity contribution in [3.05, 3.63) is 12.2 Å². The Labute approximate surface area is 78.9 Å². The number of rotatable bonds is 3. The van der Waals surface area contributed by atoms with E-state index in [1.165, 1.54) is 4.31 Å². The Bertz CT molecular complexity index is 259. The first kappa shape index (κ1) is 10.1. The summed E-state index contributed by atoms with van der Waals surface area (Å²) in [5.74, 6) is 0.968. The maximum atomic E-state index is 11.2. The van der Waals surface area contributed by atoms with E-state index in [0.717, 1.165) is 6.42 Å². The molecule has 0 aliphatic carbocycles. The summed E-state index contributed by atoms with van der Waals surface area (Å²) in [6.07, 6.45) is 4.46. The van der Waals surface area contributed by atoms with Gasteiger partial charge in [-0.3, -0.25) is 0 Å². The van der Waals surface area contributed by atoms with Crippen molar-refractivity contribution in [2.45, 2.75) is 6.42 Å². The highest BCUT2D eigenvalue weighted by molar-refractivity contribution is 7.89. The van der Waals surface area contributed by atoms with E-state index < -0.39 is 10.0 Å². The van der Waals surface area contributed by atoms with Crippen LogP contribution < -0.4 is 0 Å². The zero-order valence-electron chi connectivity index (χ0n) is 6.81. The summed E-state index contributed by atoms with van der Waals surface area (Å²) < 4.78 is 24.0. The van der Waals surface area contributed by atoms with Gasteiger partial charge in [0.2, 0.25) is 10.0 Å². The highest BCUT2D eigenvalue weighted by Crippen LogP contribution is 2.12. The standard InChI is InChI=1S/C7H13NO2S2/c9-12(10)7-3-5-8(12)4-1-2-6-11/h1-2,11H,3-7H2/b2-1+. The van der Waals surface area contributed by atoms with Crippen LogP contribution in [-0.4, -0.2) is 37.3 Å². The maximum Gasteiger partial charge on any atom is 0.214 e. The topological polar surface area (TPSA) is 37.4 Å². The van der Waals surface area contributed by atoms with Crippen LogP contribution in [0.3, 0.4) is 0 Å². The fourth-order valence-corrected chi connectivity index (χ4v) is 2.78. The predicted molar refractivity (Wildman–Crippen MR) is 53.0 cm³/mol. The number of sulfonamides is 1. The second kappa shape index (κ2) is 4.30. The molecule has 1 aliphatic heterocycles. The fourth-order valence-electron chi connectivity index (χ4n) is 1.16. The molecule has 0 radical (unpaired) electrons. The van der Waals surface area contributed by atoms with Crippen molar-refractivity contribution in [3.63, 3.8) is 0 Å². The third-order valence-electron chi connectivity index (χ3n) is 1.78. The lowest BCUT2D eigenvalue weighted by atomic mass is 10.4. The van der Waals surface area contributed by atoms with Gasteiger partial charge in [0.05, 0.1) is 5.75 Å². The summed E-state index contributed by atoms with van der Waals surface area (Å²) >= 11 is 3.99. The lowest BCUT2D eigenvalue weighted by Gasteiger charge is -2.10. The summed E-state index contributed by atoms with van der Waals surface area (Å²) in [6.45, 7) is 1.17. The molecule has 1 saturated heterocycles. The van der Waals surface area contributed by atoms with Gasteiger partial charge in [-0.15, -0.1) is 0 Å². The summed E-state index contributed by atoms with van der Waals surface area (Å²) in [7, 11) is -2.91. The van der Waals surface area contributed by atoms with E-state index in [1.807, 2.05) is 12.2 Å². The molecule has 0 aromatic heterocycles. The fraction of sp³-hybridized carbons (Fsp3) is 0.714. The molecule has 0 saturated carbocycles. The van der Waals surface area contributed by atoms with Crippen molar-refractivity contribution >= 4 is 22.7 Å². The van der Waals surface area contributed by atoms with Crippen LogP contribution in [0.1, 0.15) is 6.42 Å². The molecule has 0 N–H and O–H groups in total. The normalized spacial score (nSPS) is 23.8. The molecule has 0 spiro atoms. The first-order chi connectivity index (χ1) is 5.67. The molecule has 0 atom stereocenters. The predicted octanol–water partition coefficient (Wildman–Crippen LogP) is 0.508. The third kappa shape index (κ3) is 2.50. The molecule has 1 heterocycles. The van der Waals surface area contributed by atoms with E-state index in [9.17, 15) is 8.42 Å². The molecule has 1 rings (SSSR count). The van der Waals surface area contributed by atoms with Crippen LogP contribution >= 0.6 is 12.6 Å². The minimum absolute atomic E-state index is 0.307. The van der Waals surface area contributed by atoms with Crippen molar-refractivity contribution in [2.24, 2.45) is 0 Å². The molecule has 0 unspecified atom stereocenters. The summed E-state index contributed by atoms with van der Waals surface area (Å²) in [5.41, 5.74) is 0. The monoisotopic (exact) mass is 207 g/mol. The van der Waals surface area contributed by atoms with Crippen LogP contribution in [0.15, 0.2) is 12.2 Å². The minimum Gasteiger partial charge on any atom is -0.212 e. The van der Waals surface area contributed by atoms with Crippen LogP contribution in [-0.2, 0) is 10.0 Å². The Kier molecular flexibility index (Phi) is 3.61. The van der Waals surface area contributed by atoms with Gasteiger partial charge in [-0.2, -0.15) is 16.9 Å². The molecule has 12 heavy (non-hydrogen) atoms. The van der Waals surface area contributed by atoms with E-state index in [-0.39, 0.29) is 0 Å². The lowest BCUT2D eigenvalue weighted by molar-refractivity contribution is 0.478. The van der Waals surface area contributed by atoms with Gasteiger partial charge in [0.25, 0.3) is 0 Å². The molecule has 1 aliphatic rings. The Morgan fingerprint density at radius 1 is 1.42 bits per heavy atom. The molecule has 70 valence electrons. The van der Waals surface area contributed by atoms with Gasteiger partial charge in [-0.1, -0.05) is 12.2 Å². The largest absolute Gasteiger partial charge is 0.214 e. The molecule has 1 fully saturated rings. The number of hydrogen-bond donors (Lipinski definition) is 1. The number of hydrogen-bond acceptors (Lipinski definition) is 3. The Morgan fingerprint density at radius 2 is 2.17 bits per heavy atom. The van der Waals surface area contributed by atoms with E-state index in [2.05, 4.69) is 12.6 Å². The molecular weight excluding hydrogens is 194 g/mol. The van der Waals surface area contributed by atoms with Crippen LogP contribution in [0.5, 0.6) is 0 Å². The second-order valence-corrected chi connectivity index (χ2v) is 5.14. The van der Waals surface area contributed by atoms with Crippen molar-refractivity contribution < 1.29 is 8.42 Å². The zero-order valence-corrected chi connectivity index (χ0v) is 8.52. The average molecular weight is 207 g/mol. The Morgan fingerprint density at radius 3 is 2.67 bits per heavy atom. The Balaban J connectivity index is 2.48. The molecular formula is C7H13NO2S2. The van der Waals surface area contributed by atoms with Gasteiger partial charge in [0.1, 0.15) is 0 Å². The molecule has 3 nitrogen and oxygen atoms in total. The van der Waals surface area contributed by atoms with Crippen LogP contribution in [0.4, 0.5) is 0 Å². The van der Waals surface area contributed by atoms with Gasteiger partial charge in [-0.25, -0.2) is 8.42 Å². The first-order valence-electron chi connectivity index (χ1n) is 3.90. The van der Waals surface area contributed by atoms with Crippen molar-refractivity contribution in [1.29, 1.82) is 0 Å². The smallest absolute Gasteiger partial charge is 0.212 e. The molecule has 5 heteroatoms. The van der Waals surface area contributed by atoms with Crippen molar-refractivity contribution in [2.75, 3.05) is 24.6 Å². The van der Waals surface area contributed by atoms with Gasteiger partial charge in [-0.05, 0) is 6.42 Å². The van der Waals surface area contributed by atoms with Crippen molar-refractivity contribution in [1.82, 2.24) is 4.31 Å². The van der Waals surface area contributed by atoms with Crippen LogP contribution in [0.2, 0.25) is 0 Å². The lowest BCUT2D eigenvalue weighted by Crippen LogP contribution is -2.25. The number of nitrogens with zero attached hydrogens (tertiary/aromatic N) is 1. The van der Waals surface area contributed by atoms with E-state index >= 15 is 0 Å². The maximum absolute atomic E-state index is 11.2. The summed E-state index contributed by atoms with van der Waals surface area (Å²) in [6, 6.07) is 0. The van der Waals surface area contributed by atoms with E-state index in [1.54, 1.807) is 0 Å². The summed E-state index contributed by atoms with van der Waals surface area (Å²) in [5, 5.41) is 0. The van der Waals surface area contributed by atoms with Gasteiger partial charge in [0, 0.05) is 18.8 Å². The average Bonchev–Trinajstić information content (AvgIpc) is 2.32. The van der Waals surface area contributed by atoms with Gasteiger partial charge < -0.3 is 0 Å². The first-order valence-corrected chi connectivity index (χ1v) is 6.14. The van der Waals surface area contributed by atoms with Crippen LogP contribution in [0.25, 0.3) is 0 Å². The summed E-state index contributed by atoms with van der Waals surface area (Å²) in [4.78, 5) is 0. The number of thiol groups is 1. The SMILES string of the molecule is O=S1(=O)CCCN1C/C=C/CS. The van der Waals surface area contributed by atoms with Gasteiger partial charge in [0.15, 0.2) is 0 Å². The van der Waals surface area contributed by atoms with Crippen LogP contribution in [0, 0.1) is 0 Å². The zero-order chi connectivity index (χ0) is 9.03. The highest BCUT2D eigenvalue weighted by atomic mass is 32.2. The van der Waals surface area contributed by atoms with E-state index in [0.29, 0.717) is 24.6 Å². The van der Waals surface area contributed by atoms with E-state index in [4.69, 9.17) is 0 Å². The second-order valence-electron chi connectivity index (χ2n) is 2.68. The minimum atomic E-state index is -2.91. The van der Waals surface area contributed by atoms with Gasteiger partial charge >= 0.3 is 0 Å². The Hall–Kier alpha value is -0.000000000000000111. The highest BCUT2D eigenvalue weighted by Gasteiger charge is 2.26. The molecule has 0 bridgehead atoms. The molecule has 0 aromatic carbocycles.